The van der Waals surface area contributed by atoms with Crippen LogP contribution in [0.15, 0.2) is 28.7 Å². The lowest BCUT2D eigenvalue weighted by atomic mass is 10.1. The van der Waals surface area contributed by atoms with Gasteiger partial charge in [-0.1, -0.05) is 48.0 Å². The first kappa shape index (κ1) is 17.7. The van der Waals surface area contributed by atoms with Gasteiger partial charge >= 0.3 is 0 Å². The van der Waals surface area contributed by atoms with Gasteiger partial charge in [-0.05, 0) is 44.7 Å². The van der Waals surface area contributed by atoms with E-state index in [1.54, 1.807) is 0 Å². The van der Waals surface area contributed by atoms with Crippen LogP contribution in [0.1, 0.15) is 52.7 Å². The van der Waals surface area contributed by atoms with E-state index in [1.165, 1.54) is 5.56 Å². The second kappa shape index (κ2) is 8.16. The number of hydrogen-bond donors (Lipinski definition) is 1. The maximum absolute atomic E-state index is 6.12. The van der Waals surface area contributed by atoms with Gasteiger partial charge in [0.1, 0.15) is 0 Å². The van der Waals surface area contributed by atoms with Crippen LogP contribution in [-0.4, -0.2) is 18.7 Å². The van der Waals surface area contributed by atoms with Gasteiger partial charge < -0.3 is 10.1 Å². The number of rotatable bonds is 7. The number of nitrogens with one attached hydrogen (secondary N) is 1. The van der Waals surface area contributed by atoms with Gasteiger partial charge in [0.05, 0.1) is 6.10 Å². The molecule has 0 aliphatic heterocycles. The highest BCUT2D eigenvalue weighted by molar-refractivity contribution is 9.10. The summed E-state index contributed by atoms with van der Waals surface area (Å²) >= 11 is 3.63. The van der Waals surface area contributed by atoms with Gasteiger partial charge in [0.15, 0.2) is 0 Å². The Bertz CT molecular complexity index is 398. The van der Waals surface area contributed by atoms with Crippen molar-refractivity contribution in [3.8, 4) is 0 Å². The predicted molar refractivity (Wildman–Crippen MR) is 90.0 cm³/mol. The van der Waals surface area contributed by atoms with E-state index in [2.05, 4.69) is 74.1 Å². The molecule has 114 valence electrons. The molecule has 1 atom stereocenters. The molecule has 0 saturated carbocycles. The summed E-state index contributed by atoms with van der Waals surface area (Å²) in [4.78, 5) is 0. The Hall–Kier alpha value is -0.380. The number of ether oxygens (including phenoxy) is 1. The van der Waals surface area contributed by atoms with Crippen molar-refractivity contribution in [1.29, 1.82) is 0 Å². The average Bonchev–Trinajstić information content (AvgIpc) is 2.33. The molecule has 2 nitrogen and oxygen atoms in total. The molecular weight excluding hydrogens is 314 g/mol. The van der Waals surface area contributed by atoms with E-state index >= 15 is 0 Å². The highest BCUT2D eigenvalue weighted by Gasteiger charge is 2.18. The molecule has 0 heterocycles. The molecule has 1 unspecified atom stereocenters. The van der Waals surface area contributed by atoms with Crippen molar-refractivity contribution < 1.29 is 4.74 Å². The number of benzene rings is 1. The van der Waals surface area contributed by atoms with Crippen LogP contribution in [0.5, 0.6) is 0 Å². The molecule has 0 aliphatic rings. The summed E-state index contributed by atoms with van der Waals surface area (Å²) in [5, 5.41) is 3.54. The zero-order valence-electron chi connectivity index (χ0n) is 13.4. The molecular formula is C17H28BrNO. The third-order valence-corrected chi connectivity index (χ3v) is 3.81. The van der Waals surface area contributed by atoms with Crippen LogP contribution in [0.3, 0.4) is 0 Å². The smallest absolute Gasteiger partial charge is 0.0960 e. The fraction of sp³-hybridized carbons (Fsp3) is 0.647. The van der Waals surface area contributed by atoms with Crippen molar-refractivity contribution in [2.45, 2.75) is 52.7 Å². The van der Waals surface area contributed by atoms with Gasteiger partial charge in [0.2, 0.25) is 0 Å². The average molecular weight is 342 g/mol. The molecule has 0 bridgehead atoms. The SMILES string of the molecule is CC(C)CCOC(CNC(C)(C)C)c1ccccc1Br. The Balaban J connectivity index is 2.71. The summed E-state index contributed by atoms with van der Waals surface area (Å²) in [7, 11) is 0. The Morgan fingerprint density at radius 1 is 1.20 bits per heavy atom. The van der Waals surface area contributed by atoms with Crippen LogP contribution in [-0.2, 0) is 4.74 Å². The monoisotopic (exact) mass is 341 g/mol. The largest absolute Gasteiger partial charge is 0.372 e. The van der Waals surface area contributed by atoms with E-state index in [9.17, 15) is 0 Å². The van der Waals surface area contributed by atoms with Crippen LogP contribution < -0.4 is 5.32 Å². The Kier molecular flexibility index (Phi) is 7.21. The Morgan fingerprint density at radius 3 is 2.40 bits per heavy atom. The molecule has 0 saturated heterocycles. The number of hydrogen-bond acceptors (Lipinski definition) is 2. The van der Waals surface area contributed by atoms with E-state index in [0.717, 1.165) is 24.0 Å². The molecule has 0 fully saturated rings. The van der Waals surface area contributed by atoms with Crippen LogP contribution in [0.25, 0.3) is 0 Å². The molecule has 0 amide bonds. The van der Waals surface area contributed by atoms with Crippen LogP contribution in [0, 0.1) is 5.92 Å². The van der Waals surface area contributed by atoms with Gasteiger partial charge in [-0.25, -0.2) is 0 Å². The molecule has 1 rings (SSSR count). The van der Waals surface area contributed by atoms with Gasteiger partial charge in [-0.15, -0.1) is 0 Å². The van der Waals surface area contributed by atoms with Crippen molar-refractivity contribution in [1.82, 2.24) is 5.32 Å². The van der Waals surface area contributed by atoms with Crippen molar-refractivity contribution in [3.05, 3.63) is 34.3 Å². The Morgan fingerprint density at radius 2 is 1.85 bits per heavy atom. The molecule has 20 heavy (non-hydrogen) atoms. The third-order valence-electron chi connectivity index (χ3n) is 3.08. The van der Waals surface area contributed by atoms with Gasteiger partial charge in [-0.3, -0.25) is 0 Å². The topological polar surface area (TPSA) is 21.3 Å². The van der Waals surface area contributed by atoms with E-state index in [1.807, 2.05) is 6.07 Å². The minimum atomic E-state index is 0.0866. The van der Waals surface area contributed by atoms with E-state index in [4.69, 9.17) is 4.74 Å². The summed E-state index contributed by atoms with van der Waals surface area (Å²) in [5.41, 5.74) is 1.31. The fourth-order valence-corrected chi connectivity index (χ4v) is 2.38. The zero-order chi connectivity index (χ0) is 15.2. The van der Waals surface area contributed by atoms with Crippen molar-refractivity contribution in [2.75, 3.05) is 13.2 Å². The maximum atomic E-state index is 6.12. The van der Waals surface area contributed by atoms with Crippen molar-refractivity contribution in [3.63, 3.8) is 0 Å². The first-order valence-corrected chi connectivity index (χ1v) is 8.20. The third kappa shape index (κ3) is 6.87. The highest BCUT2D eigenvalue weighted by Crippen LogP contribution is 2.26. The molecule has 1 aromatic rings. The Labute approximate surface area is 132 Å². The molecule has 0 radical (unpaired) electrons. The van der Waals surface area contributed by atoms with Crippen molar-refractivity contribution >= 4 is 15.9 Å². The number of halogens is 1. The lowest BCUT2D eigenvalue weighted by Gasteiger charge is -2.26. The standard InChI is InChI=1S/C17H28BrNO/c1-13(2)10-11-20-16(12-19-17(3,4)5)14-8-6-7-9-15(14)18/h6-9,13,16,19H,10-12H2,1-5H3. The van der Waals surface area contributed by atoms with Gasteiger partial charge in [0, 0.05) is 23.2 Å². The van der Waals surface area contributed by atoms with E-state index < -0.39 is 0 Å². The quantitative estimate of drug-likeness (QED) is 0.758. The first-order chi connectivity index (χ1) is 9.29. The lowest BCUT2D eigenvalue weighted by molar-refractivity contribution is 0.0413. The summed E-state index contributed by atoms with van der Waals surface area (Å²) in [6.07, 6.45) is 1.18. The minimum absolute atomic E-state index is 0.0866. The van der Waals surface area contributed by atoms with Crippen molar-refractivity contribution in [2.24, 2.45) is 5.92 Å². The summed E-state index contributed by atoms with van der Waals surface area (Å²) < 4.78 is 7.24. The second-order valence-corrected chi connectivity index (χ2v) is 7.55. The lowest BCUT2D eigenvalue weighted by Crippen LogP contribution is -2.39. The molecule has 0 aromatic heterocycles. The molecule has 3 heteroatoms. The van der Waals surface area contributed by atoms with Crippen LogP contribution in [0.4, 0.5) is 0 Å². The molecule has 0 aliphatic carbocycles. The molecule has 1 N–H and O–H groups in total. The molecule has 1 aromatic carbocycles. The summed E-state index contributed by atoms with van der Waals surface area (Å²) in [6, 6.07) is 8.31. The predicted octanol–water partition coefficient (Wildman–Crippen LogP) is 4.94. The molecule has 0 spiro atoms. The maximum Gasteiger partial charge on any atom is 0.0960 e. The van der Waals surface area contributed by atoms with E-state index in [0.29, 0.717) is 5.92 Å². The van der Waals surface area contributed by atoms with E-state index in [-0.39, 0.29) is 11.6 Å². The van der Waals surface area contributed by atoms with Crippen LogP contribution in [0.2, 0.25) is 0 Å². The fourth-order valence-electron chi connectivity index (χ4n) is 1.84. The zero-order valence-corrected chi connectivity index (χ0v) is 15.0. The van der Waals surface area contributed by atoms with Gasteiger partial charge in [0.25, 0.3) is 0 Å². The first-order valence-electron chi connectivity index (χ1n) is 7.40. The van der Waals surface area contributed by atoms with Crippen LogP contribution >= 0.6 is 15.9 Å². The summed E-state index contributed by atoms with van der Waals surface area (Å²) in [5.74, 6) is 0.672. The normalized spacial score (nSPS) is 13.8. The second-order valence-electron chi connectivity index (χ2n) is 6.69. The highest BCUT2D eigenvalue weighted by atomic mass is 79.9. The minimum Gasteiger partial charge on any atom is -0.372 e. The van der Waals surface area contributed by atoms with Gasteiger partial charge in [-0.2, -0.15) is 0 Å². The summed E-state index contributed by atoms with van der Waals surface area (Å²) in [6.45, 7) is 12.6.